The number of likely N-dealkylation sites (tertiary alicyclic amines) is 1. The lowest BCUT2D eigenvalue weighted by Crippen LogP contribution is -2.43. The van der Waals surface area contributed by atoms with Gasteiger partial charge in [0, 0.05) is 25.5 Å². The molecular weight excluding hydrogens is 525 g/mol. The topological polar surface area (TPSA) is 71.0 Å². The minimum absolute atomic E-state index is 0. The normalized spacial score (nSPS) is 15.3. The number of methoxy groups -OCH3 is 1. The predicted octanol–water partition coefficient (Wildman–Crippen LogP) is 3.53. The minimum atomic E-state index is 0. The lowest BCUT2D eigenvalue weighted by molar-refractivity contribution is 0.176. The van der Waals surface area contributed by atoms with Gasteiger partial charge in [-0.3, -0.25) is 9.89 Å². The summed E-state index contributed by atoms with van der Waals surface area (Å²) in [5.41, 5.74) is 1.20. The summed E-state index contributed by atoms with van der Waals surface area (Å²) in [7, 11) is 3.46. The Morgan fingerprint density at radius 3 is 2.52 bits per heavy atom. The number of ether oxygens (including phenoxy) is 2. The molecule has 172 valence electrons. The summed E-state index contributed by atoms with van der Waals surface area (Å²) in [6, 6.07) is 7.61. The van der Waals surface area contributed by atoms with Crippen LogP contribution in [0.2, 0.25) is 0 Å². The van der Waals surface area contributed by atoms with E-state index in [1.807, 2.05) is 24.3 Å². The van der Waals surface area contributed by atoms with Crippen LogP contribution in [0.1, 0.15) is 23.5 Å². The molecule has 1 aliphatic rings. The van der Waals surface area contributed by atoms with Gasteiger partial charge in [0.05, 0.1) is 24.4 Å². The van der Waals surface area contributed by atoms with Crippen molar-refractivity contribution >= 4 is 41.3 Å². The fraction of sp³-hybridized carbons (Fsp3) is 0.545. The molecule has 1 saturated heterocycles. The van der Waals surface area contributed by atoms with Crippen LogP contribution in [0.5, 0.6) is 11.5 Å². The molecule has 1 aromatic heterocycles. The fourth-order valence-corrected chi connectivity index (χ4v) is 4.13. The molecule has 9 heteroatoms. The van der Waals surface area contributed by atoms with E-state index in [2.05, 4.69) is 37.8 Å². The number of nitrogens with one attached hydrogen (secondary N) is 2. The fourth-order valence-electron chi connectivity index (χ4n) is 3.53. The number of thiazole rings is 1. The van der Waals surface area contributed by atoms with E-state index in [1.54, 1.807) is 25.5 Å². The summed E-state index contributed by atoms with van der Waals surface area (Å²) in [6.07, 6.45) is 2.40. The van der Waals surface area contributed by atoms with Crippen LogP contribution in [0, 0.1) is 12.8 Å². The highest BCUT2D eigenvalue weighted by atomic mass is 127. The van der Waals surface area contributed by atoms with Crippen molar-refractivity contribution in [2.75, 3.05) is 46.9 Å². The van der Waals surface area contributed by atoms with Gasteiger partial charge in [-0.1, -0.05) is 0 Å². The molecule has 0 unspecified atom stereocenters. The van der Waals surface area contributed by atoms with Crippen molar-refractivity contribution in [3.63, 3.8) is 0 Å². The molecule has 0 spiro atoms. The van der Waals surface area contributed by atoms with E-state index in [0.29, 0.717) is 19.1 Å². The van der Waals surface area contributed by atoms with E-state index in [-0.39, 0.29) is 24.0 Å². The second-order valence-corrected chi connectivity index (χ2v) is 8.54. The monoisotopic (exact) mass is 559 g/mol. The molecule has 2 aromatic rings. The molecule has 31 heavy (non-hydrogen) atoms. The number of hydrogen-bond acceptors (Lipinski definition) is 6. The highest BCUT2D eigenvalue weighted by Gasteiger charge is 2.20. The zero-order valence-corrected chi connectivity index (χ0v) is 21.7. The second kappa shape index (κ2) is 13.7. The molecular formula is C22H34IN5O2S. The molecule has 0 saturated carbocycles. The number of aryl methyl sites for hydroxylation is 1. The van der Waals surface area contributed by atoms with Gasteiger partial charge in [0.1, 0.15) is 18.1 Å². The first-order valence-corrected chi connectivity index (χ1v) is 11.4. The lowest BCUT2D eigenvalue weighted by Gasteiger charge is -2.31. The summed E-state index contributed by atoms with van der Waals surface area (Å²) < 4.78 is 10.9. The Morgan fingerprint density at radius 2 is 1.90 bits per heavy atom. The number of aliphatic imine (C=N–C) groups is 1. The molecule has 0 atom stereocenters. The third-order valence-electron chi connectivity index (χ3n) is 5.26. The summed E-state index contributed by atoms with van der Waals surface area (Å²) in [6.45, 7) is 7.51. The molecule has 1 aliphatic heterocycles. The summed E-state index contributed by atoms with van der Waals surface area (Å²) in [5.74, 6) is 3.16. The minimum Gasteiger partial charge on any atom is -0.497 e. The average molecular weight is 560 g/mol. The van der Waals surface area contributed by atoms with Crippen molar-refractivity contribution in [2.45, 2.75) is 26.3 Å². The molecule has 0 aliphatic carbocycles. The Bertz CT molecular complexity index is 791. The standard InChI is InChI=1S/C22H33N5O2S.HI/c1-17-26-19(16-30-17)15-27-11-8-18(9-12-27)14-25-22(23-2)24-10-13-29-21-6-4-20(28-3)5-7-21;/h4-7,16,18H,8-15H2,1-3H3,(H2,23,24,25);1H. The van der Waals surface area contributed by atoms with Gasteiger partial charge in [0.2, 0.25) is 0 Å². The van der Waals surface area contributed by atoms with Gasteiger partial charge in [-0.25, -0.2) is 4.98 Å². The van der Waals surface area contributed by atoms with Gasteiger partial charge in [-0.2, -0.15) is 0 Å². The number of aromatic nitrogens is 1. The van der Waals surface area contributed by atoms with Crippen LogP contribution >= 0.6 is 35.3 Å². The molecule has 2 heterocycles. The van der Waals surface area contributed by atoms with E-state index in [9.17, 15) is 0 Å². The zero-order chi connectivity index (χ0) is 21.2. The van der Waals surface area contributed by atoms with Crippen molar-refractivity contribution in [3.8, 4) is 11.5 Å². The van der Waals surface area contributed by atoms with Gasteiger partial charge >= 0.3 is 0 Å². The van der Waals surface area contributed by atoms with Crippen molar-refractivity contribution in [3.05, 3.63) is 40.3 Å². The molecule has 7 nitrogen and oxygen atoms in total. The maximum atomic E-state index is 5.75. The van der Waals surface area contributed by atoms with E-state index in [0.717, 1.165) is 48.6 Å². The molecule has 0 bridgehead atoms. The number of nitrogens with zero attached hydrogens (tertiary/aromatic N) is 3. The third kappa shape index (κ3) is 8.82. The van der Waals surface area contributed by atoms with Gasteiger partial charge < -0.3 is 20.1 Å². The molecule has 3 rings (SSSR count). The third-order valence-corrected chi connectivity index (χ3v) is 6.09. The Kier molecular flexibility index (Phi) is 11.4. The van der Waals surface area contributed by atoms with Gasteiger partial charge in [0.15, 0.2) is 5.96 Å². The van der Waals surface area contributed by atoms with Crippen LogP contribution in [0.15, 0.2) is 34.6 Å². The van der Waals surface area contributed by atoms with Crippen molar-refractivity contribution in [1.29, 1.82) is 0 Å². The predicted molar refractivity (Wildman–Crippen MR) is 138 cm³/mol. The summed E-state index contributed by atoms with van der Waals surface area (Å²) in [5, 5.41) is 10.1. The molecule has 0 radical (unpaired) electrons. The molecule has 2 N–H and O–H groups in total. The van der Waals surface area contributed by atoms with Crippen LogP contribution in [-0.4, -0.2) is 62.8 Å². The van der Waals surface area contributed by atoms with Gasteiger partial charge in [-0.15, -0.1) is 35.3 Å². The first kappa shape index (κ1) is 25.7. The average Bonchev–Trinajstić information content (AvgIpc) is 3.19. The SMILES string of the molecule is CN=C(NCCOc1ccc(OC)cc1)NCC1CCN(Cc2csc(C)n2)CC1.I. The first-order chi connectivity index (χ1) is 14.7. The number of hydrogen-bond donors (Lipinski definition) is 2. The number of piperidine rings is 1. The molecule has 1 aromatic carbocycles. The van der Waals surface area contributed by atoms with Crippen LogP contribution < -0.4 is 20.1 Å². The van der Waals surface area contributed by atoms with E-state index < -0.39 is 0 Å². The highest BCUT2D eigenvalue weighted by Crippen LogP contribution is 2.19. The van der Waals surface area contributed by atoms with Crippen LogP contribution in [-0.2, 0) is 6.54 Å². The highest BCUT2D eigenvalue weighted by molar-refractivity contribution is 14.0. The number of halogens is 1. The zero-order valence-electron chi connectivity index (χ0n) is 18.6. The molecule has 1 fully saturated rings. The van der Waals surface area contributed by atoms with Crippen molar-refractivity contribution in [1.82, 2.24) is 20.5 Å². The van der Waals surface area contributed by atoms with Crippen molar-refractivity contribution in [2.24, 2.45) is 10.9 Å². The molecule has 0 amide bonds. The Hall–Kier alpha value is -1.59. The maximum Gasteiger partial charge on any atom is 0.191 e. The van der Waals surface area contributed by atoms with Crippen LogP contribution in [0.4, 0.5) is 0 Å². The smallest absolute Gasteiger partial charge is 0.191 e. The maximum absolute atomic E-state index is 5.75. The number of guanidine groups is 1. The number of benzene rings is 1. The largest absolute Gasteiger partial charge is 0.497 e. The van der Waals surface area contributed by atoms with E-state index in [4.69, 9.17) is 9.47 Å². The summed E-state index contributed by atoms with van der Waals surface area (Å²) >= 11 is 1.73. The van der Waals surface area contributed by atoms with Crippen molar-refractivity contribution < 1.29 is 9.47 Å². The van der Waals surface area contributed by atoms with Gasteiger partial charge in [-0.05, 0) is 63.0 Å². The number of rotatable bonds is 9. The van der Waals surface area contributed by atoms with Crippen LogP contribution in [0.3, 0.4) is 0 Å². The Labute approximate surface area is 206 Å². The van der Waals surface area contributed by atoms with Crippen LogP contribution in [0.25, 0.3) is 0 Å². The van der Waals surface area contributed by atoms with E-state index >= 15 is 0 Å². The quantitative estimate of drug-likeness (QED) is 0.212. The lowest BCUT2D eigenvalue weighted by atomic mass is 9.97. The van der Waals surface area contributed by atoms with E-state index in [1.165, 1.54) is 18.5 Å². The van der Waals surface area contributed by atoms with Gasteiger partial charge in [0.25, 0.3) is 0 Å². The second-order valence-electron chi connectivity index (χ2n) is 7.48. The Morgan fingerprint density at radius 1 is 1.19 bits per heavy atom. The Balaban J connectivity index is 0.00000341. The summed E-state index contributed by atoms with van der Waals surface area (Å²) in [4.78, 5) is 11.4. The first-order valence-electron chi connectivity index (χ1n) is 10.5.